The third kappa shape index (κ3) is 4.03. The highest BCUT2D eigenvalue weighted by molar-refractivity contribution is 5.98. The van der Waals surface area contributed by atoms with Crippen molar-refractivity contribution >= 4 is 17.7 Å². The van der Waals surface area contributed by atoms with E-state index in [0.29, 0.717) is 37.7 Å². The summed E-state index contributed by atoms with van der Waals surface area (Å²) in [7, 11) is 0. The Kier molecular flexibility index (Phi) is 5.54. The van der Waals surface area contributed by atoms with Gasteiger partial charge in [0, 0.05) is 58.0 Å². The van der Waals surface area contributed by atoms with Crippen LogP contribution in [0, 0.1) is 5.92 Å². The molecule has 2 saturated heterocycles. The zero-order valence-electron chi connectivity index (χ0n) is 15.5. The molecule has 0 bridgehead atoms. The van der Waals surface area contributed by atoms with Crippen LogP contribution in [0.15, 0.2) is 18.3 Å². The van der Waals surface area contributed by atoms with Crippen LogP contribution in [-0.4, -0.2) is 76.7 Å². The van der Waals surface area contributed by atoms with Gasteiger partial charge in [-0.1, -0.05) is 6.92 Å². The topological polar surface area (TPSA) is 73.8 Å². The minimum absolute atomic E-state index is 0.0265. The number of likely N-dealkylation sites (tertiary alicyclic amines) is 1. The van der Waals surface area contributed by atoms with Crippen LogP contribution < -0.4 is 0 Å². The normalized spacial score (nSPS) is 20.8. The van der Waals surface area contributed by atoms with Gasteiger partial charge >= 0.3 is 0 Å². The van der Waals surface area contributed by atoms with Gasteiger partial charge in [0.05, 0.1) is 0 Å². The second-order valence-electron chi connectivity index (χ2n) is 7.23. The predicted octanol–water partition coefficient (Wildman–Crippen LogP) is 1.26. The molecule has 7 heteroatoms. The molecule has 1 atom stereocenters. The molecule has 0 aliphatic carbocycles. The molecule has 1 unspecified atom stereocenters. The first-order chi connectivity index (χ1) is 12.5. The number of piperazine rings is 1. The van der Waals surface area contributed by atoms with Crippen molar-refractivity contribution in [2.24, 2.45) is 5.92 Å². The highest BCUT2D eigenvalue weighted by Crippen LogP contribution is 2.18. The number of carbonyl (C=O) groups excluding carboxylic acids is 3. The average molecular weight is 358 g/mol. The van der Waals surface area contributed by atoms with Gasteiger partial charge in [-0.25, -0.2) is 0 Å². The molecule has 1 aromatic heterocycles. The van der Waals surface area contributed by atoms with E-state index in [1.54, 1.807) is 21.9 Å². The van der Waals surface area contributed by atoms with E-state index in [4.69, 9.17) is 0 Å². The molecule has 3 amide bonds. The quantitative estimate of drug-likeness (QED) is 0.798. The average Bonchev–Trinajstić information content (AvgIpc) is 2.67. The van der Waals surface area contributed by atoms with E-state index in [-0.39, 0.29) is 23.4 Å². The van der Waals surface area contributed by atoms with Crippen LogP contribution in [0.5, 0.6) is 0 Å². The van der Waals surface area contributed by atoms with Crippen molar-refractivity contribution in [3.63, 3.8) is 0 Å². The van der Waals surface area contributed by atoms with Gasteiger partial charge < -0.3 is 14.7 Å². The molecule has 2 aliphatic rings. The first-order valence-corrected chi connectivity index (χ1v) is 9.26. The largest absolute Gasteiger partial charge is 0.339 e. The van der Waals surface area contributed by atoms with Gasteiger partial charge in [0.25, 0.3) is 11.8 Å². The van der Waals surface area contributed by atoms with E-state index >= 15 is 0 Å². The maximum Gasteiger partial charge on any atom is 0.272 e. The fourth-order valence-electron chi connectivity index (χ4n) is 3.62. The van der Waals surface area contributed by atoms with Gasteiger partial charge in [-0.15, -0.1) is 0 Å². The van der Waals surface area contributed by atoms with Crippen LogP contribution in [0.1, 0.15) is 47.5 Å². The summed E-state index contributed by atoms with van der Waals surface area (Å²) >= 11 is 0. The highest BCUT2D eigenvalue weighted by atomic mass is 16.2. The predicted molar refractivity (Wildman–Crippen MR) is 96.7 cm³/mol. The van der Waals surface area contributed by atoms with Gasteiger partial charge in [-0.05, 0) is 30.9 Å². The highest BCUT2D eigenvalue weighted by Gasteiger charge is 2.26. The molecular formula is C19H26N4O3. The van der Waals surface area contributed by atoms with Crippen LogP contribution in [-0.2, 0) is 4.79 Å². The monoisotopic (exact) mass is 358 g/mol. The number of amides is 3. The summed E-state index contributed by atoms with van der Waals surface area (Å²) < 4.78 is 0. The first kappa shape index (κ1) is 18.4. The van der Waals surface area contributed by atoms with Crippen LogP contribution in [0.2, 0.25) is 0 Å². The Morgan fingerprint density at radius 2 is 1.69 bits per heavy atom. The molecule has 26 heavy (non-hydrogen) atoms. The molecular weight excluding hydrogens is 332 g/mol. The van der Waals surface area contributed by atoms with E-state index in [0.717, 1.165) is 25.9 Å². The molecule has 2 aliphatic heterocycles. The van der Waals surface area contributed by atoms with Gasteiger partial charge in [0.2, 0.25) is 5.91 Å². The molecule has 2 fully saturated rings. The minimum Gasteiger partial charge on any atom is -0.339 e. The van der Waals surface area contributed by atoms with Crippen LogP contribution in [0.4, 0.5) is 0 Å². The maximum atomic E-state index is 12.7. The first-order valence-electron chi connectivity index (χ1n) is 9.26. The number of piperidine rings is 1. The van der Waals surface area contributed by atoms with Crippen LogP contribution in [0.3, 0.4) is 0 Å². The summed E-state index contributed by atoms with van der Waals surface area (Å²) in [5, 5.41) is 0. The Balaban J connectivity index is 1.68. The number of hydrogen-bond acceptors (Lipinski definition) is 4. The van der Waals surface area contributed by atoms with E-state index in [1.807, 2.05) is 4.90 Å². The summed E-state index contributed by atoms with van der Waals surface area (Å²) in [6.45, 7) is 7.26. The molecule has 0 N–H and O–H groups in total. The van der Waals surface area contributed by atoms with Crippen LogP contribution in [0.25, 0.3) is 0 Å². The number of nitrogens with zero attached hydrogens (tertiary/aromatic N) is 4. The lowest BCUT2D eigenvalue weighted by atomic mass is 9.99. The van der Waals surface area contributed by atoms with E-state index in [1.165, 1.54) is 13.1 Å². The Bertz CT molecular complexity index is 698. The number of carbonyl (C=O) groups is 3. The summed E-state index contributed by atoms with van der Waals surface area (Å²) in [5.74, 6) is 0.316. The van der Waals surface area contributed by atoms with Crippen molar-refractivity contribution in [1.82, 2.24) is 19.7 Å². The van der Waals surface area contributed by atoms with Crippen molar-refractivity contribution in [2.75, 3.05) is 39.3 Å². The Morgan fingerprint density at radius 3 is 2.35 bits per heavy atom. The summed E-state index contributed by atoms with van der Waals surface area (Å²) in [6, 6.07) is 3.27. The SMILES string of the molecule is CC(=O)N1CCN(C(=O)c2cc(C(=O)N3CCCC(C)C3)ccn2)CC1. The van der Waals surface area contributed by atoms with E-state index < -0.39 is 0 Å². The number of pyridine rings is 1. The maximum absolute atomic E-state index is 12.7. The second-order valence-corrected chi connectivity index (χ2v) is 7.23. The lowest BCUT2D eigenvalue weighted by Gasteiger charge is -2.34. The Labute approximate surface area is 154 Å². The summed E-state index contributed by atoms with van der Waals surface area (Å²) in [6.07, 6.45) is 3.69. The Hall–Kier alpha value is -2.44. The fourth-order valence-corrected chi connectivity index (χ4v) is 3.62. The van der Waals surface area contributed by atoms with Crippen molar-refractivity contribution in [1.29, 1.82) is 0 Å². The molecule has 1 aromatic rings. The van der Waals surface area contributed by atoms with Crippen LogP contribution >= 0.6 is 0 Å². The smallest absolute Gasteiger partial charge is 0.272 e. The fraction of sp³-hybridized carbons (Fsp3) is 0.579. The van der Waals surface area contributed by atoms with E-state index in [2.05, 4.69) is 11.9 Å². The molecule has 0 aromatic carbocycles. The summed E-state index contributed by atoms with van der Waals surface area (Å²) in [4.78, 5) is 46.3. The molecule has 0 saturated carbocycles. The molecule has 3 rings (SSSR count). The summed E-state index contributed by atoms with van der Waals surface area (Å²) in [5.41, 5.74) is 0.803. The second kappa shape index (κ2) is 7.85. The molecule has 0 radical (unpaired) electrons. The van der Waals surface area contributed by atoms with Gasteiger partial charge in [-0.3, -0.25) is 19.4 Å². The standard InChI is InChI=1S/C19H26N4O3/c1-14-4-3-7-23(13-14)18(25)16-5-6-20-17(12-16)19(26)22-10-8-21(9-11-22)15(2)24/h5-6,12,14H,3-4,7-11,13H2,1-2H3. The molecule has 0 spiro atoms. The molecule has 3 heterocycles. The molecule has 140 valence electrons. The van der Waals surface area contributed by atoms with Crippen molar-refractivity contribution in [3.8, 4) is 0 Å². The van der Waals surface area contributed by atoms with E-state index in [9.17, 15) is 14.4 Å². The Morgan fingerprint density at radius 1 is 1.00 bits per heavy atom. The van der Waals surface area contributed by atoms with Gasteiger partial charge in [0.1, 0.15) is 5.69 Å². The number of aromatic nitrogens is 1. The number of rotatable bonds is 2. The van der Waals surface area contributed by atoms with Gasteiger partial charge in [0.15, 0.2) is 0 Å². The third-order valence-electron chi connectivity index (χ3n) is 5.18. The van der Waals surface area contributed by atoms with Crippen molar-refractivity contribution in [3.05, 3.63) is 29.6 Å². The lowest BCUT2D eigenvalue weighted by molar-refractivity contribution is -0.130. The van der Waals surface area contributed by atoms with Crippen molar-refractivity contribution < 1.29 is 14.4 Å². The number of hydrogen-bond donors (Lipinski definition) is 0. The molecule has 7 nitrogen and oxygen atoms in total. The lowest BCUT2D eigenvalue weighted by Crippen LogP contribution is -2.50. The zero-order chi connectivity index (χ0) is 18.7. The minimum atomic E-state index is -0.185. The zero-order valence-corrected chi connectivity index (χ0v) is 15.5. The van der Waals surface area contributed by atoms with Crippen molar-refractivity contribution in [2.45, 2.75) is 26.7 Å². The third-order valence-corrected chi connectivity index (χ3v) is 5.18. The van der Waals surface area contributed by atoms with Gasteiger partial charge in [-0.2, -0.15) is 0 Å².